The van der Waals surface area contributed by atoms with Gasteiger partial charge in [-0.3, -0.25) is 19.6 Å². The third-order valence-electron chi connectivity index (χ3n) is 3.97. The summed E-state index contributed by atoms with van der Waals surface area (Å²) in [7, 11) is 0. The quantitative estimate of drug-likeness (QED) is 0.358. The lowest BCUT2D eigenvalue weighted by atomic mass is 10.1. The summed E-state index contributed by atoms with van der Waals surface area (Å²) in [6, 6.07) is 15.0. The first-order valence-electron chi connectivity index (χ1n) is 8.29. The van der Waals surface area contributed by atoms with Gasteiger partial charge in [-0.2, -0.15) is 10.2 Å². The Hall–Kier alpha value is -3.33. The van der Waals surface area contributed by atoms with E-state index >= 15 is 0 Å². The summed E-state index contributed by atoms with van der Waals surface area (Å²) >= 11 is 3.35. The Labute approximate surface area is 169 Å². The van der Waals surface area contributed by atoms with E-state index in [9.17, 15) is 14.9 Å². The van der Waals surface area contributed by atoms with Gasteiger partial charge in [0.2, 0.25) is 5.69 Å². The molecule has 1 amide bonds. The Bertz CT molecular complexity index is 1040. The highest BCUT2D eigenvalue weighted by Crippen LogP contribution is 2.18. The second kappa shape index (κ2) is 8.57. The smallest absolute Gasteiger partial charge is 0.265 e. The molecule has 142 valence electrons. The van der Waals surface area contributed by atoms with Gasteiger partial charge >= 0.3 is 5.69 Å². The molecule has 0 fully saturated rings. The van der Waals surface area contributed by atoms with Crippen LogP contribution in [0.25, 0.3) is 0 Å². The van der Waals surface area contributed by atoms with Crippen LogP contribution in [-0.2, 0) is 6.54 Å². The number of amides is 1. The van der Waals surface area contributed by atoms with Crippen LogP contribution < -0.4 is 5.43 Å². The molecule has 0 unspecified atom stereocenters. The predicted molar refractivity (Wildman–Crippen MR) is 108 cm³/mol. The zero-order chi connectivity index (χ0) is 20.1. The van der Waals surface area contributed by atoms with Crippen molar-refractivity contribution in [1.82, 2.24) is 15.2 Å². The van der Waals surface area contributed by atoms with E-state index in [1.807, 2.05) is 55.5 Å². The molecular weight excluding hydrogens is 426 g/mol. The minimum atomic E-state index is -0.744. The van der Waals surface area contributed by atoms with Crippen LogP contribution in [0, 0.1) is 17.0 Å². The maximum Gasteiger partial charge on any atom is 0.320 e. The van der Waals surface area contributed by atoms with Gasteiger partial charge in [0.25, 0.3) is 5.91 Å². The highest BCUT2D eigenvalue weighted by Gasteiger charge is 2.25. The van der Waals surface area contributed by atoms with Crippen LogP contribution in [0.15, 0.2) is 64.3 Å². The van der Waals surface area contributed by atoms with Crippen LogP contribution in [-0.4, -0.2) is 26.8 Å². The second-order valence-electron chi connectivity index (χ2n) is 6.00. The minimum absolute atomic E-state index is 0.288. The van der Waals surface area contributed by atoms with Crippen molar-refractivity contribution in [3.05, 3.63) is 91.7 Å². The number of rotatable bonds is 6. The molecule has 1 heterocycles. The summed E-state index contributed by atoms with van der Waals surface area (Å²) in [6.07, 6.45) is 2.72. The van der Waals surface area contributed by atoms with Crippen LogP contribution in [0.2, 0.25) is 0 Å². The molecule has 3 aromatic rings. The van der Waals surface area contributed by atoms with Gasteiger partial charge in [-0.15, -0.1) is 0 Å². The van der Waals surface area contributed by atoms with Gasteiger partial charge < -0.3 is 0 Å². The molecule has 1 aromatic heterocycles. The fourth-order valence-corrected chi connectivity index (χ4v) is 2.77. The largest absolute Gasteiger partial charge is 0.320 e. The number of hydrogen-bond donors (Lipinski definition) is 1. The number of nitrogens with one attached hydrogen (secondary N) is 1. The molecule has 0 spiro atoms. The van der Waals surface area contributed by atoms with Gasteiger partial charge in [-0.25, -0.2) is 5.43 Å². The lowest BCUT2D eigenvalue weighted by Gasteiger charge is -2.01. The third kappa shape index (κ3) is 4.68. The molecule has 8 nitrogen and oxygen atoms in total. The Morgan fingerprint density at radius 1 is 1.29 bits per heavy atom. The van der Waals surface area contributed by atoms with E-state index in [1.54, 1.807) is 0 Å². The van der Waals surface area contributed by atoms with Gasteiger partial charge in [0.1, 0.15) is 6.20 Å². The molecule has 28 heavy (non-hydrogen) atoms. The average molecular weight is 442 g/mol. The summed E-state index contributed by atoms with van der Waals surface area (Å²) in [5.41, 5.74) is 4.35. The van der Waals surface area contributed by atoms with Crippen LogP contribution in [0.5, 0.6) is 0 Å². The van der Waals surface area contributed by atoms with E-state index in [1.165, 1.54) is 17.1 Å². The van der Waals surface area contributed by atoms with E-state index < -0.39 is 10.8 Å². The standard InChI is InChI=1S/C19H16BrN5O3/c1-13-4-2-3-5-15(13)10-21-22-19(26)18-17(25(27)28)12-24(23-18)11-14-6-8-16(20)9-7-14/h2-10,12H,11H2,1H3,(H,22,26)/b21-10-. The van der Waals surface area contributed by atoms with Crippen molar-refractivity contribution in [3.63, 3.8) is 0 Å². The number of aromatic nitrogens is 2. The number of carbonyl (C=O) groups excluding carboxylic acids is 1. The van der Waals surface area contributed by atoms with Crippen molar-refractivity contribution in [2.24, 2.45) is 5.10 Å². The third-order valence-corrected chi connectivity index (χ3v) is 4.50. The zero-order valence-electron chi connectivity index (χ0n) is 14.9. The van der Waals surface area contributed by atoms with Gasteiger partial charge in [-0.1, -0.05) is 52.3 Å². The van der Waals surface area contributed by atoms with Crippen LogP contribution >= 0.6 is 15.9 Å². The van der Waals surface area contributed by atoms with Gasteiger partial charge in [0.15, 0.2) is 0 Å². The Balaban J connectivity index is 1.77. The number of hydrazone groups is 1. The maximum atomic E-state index is 12.3. The normalized spacial score (nSPS) is 10.9. The summed E-state index contributed by atoms with van der Waals surface area (Å²) in [5, 5.41) is 19.3. The first-order chi connectivity index (χ1) is 13.4. The summed E-state index contributed by atoms with van der Waals surface area (Å²) in [4.78, 5) is 23.0. The molecule has 0 atom stereocenters. The number of nitrogens with zero attached hydrogens (tertiary/aromatic N) is 4. The van der Waals surface area contributed by atoms with Gasteiger partial charge in [0, 0.05) is 4.47 Å². The molecule has 0 bridgehead atoms. The minimum Gasteiger partial charge on any atom is -0.265 e. The molecule has 0 aliphatic carbocycles. The van der Waals surface area contributed by atoms with Crippen molar-refractivity contribution in [1.29, 1.82) is 0 Å². The monoisotopic (exact) mass is 441 g/mol. The molecule has 0 aliphatic heterocycles. The molecule has 0 radical (unpaired) electrons. The number of aryl methyl sites for hydroxylation is 1. The zero-order valence-corrected chi connectivity index (χ0v) is 16.5. The van der Waals surface area contributed by atoms with E-state index in [2.05, 4.69) is 31.6 Å². The number of halogens is 1. The molecular formula is C19H16BrN5O3. The number of hydrogen-bond acceptors (Lipinski definition) is 5. The molecule has 0 saturated carbocycles. The number of nitro groups is 1. The van der Waals surface area contributed by atoms with E-state index in [4.69, 9.17) is 0 Å². The van der Waals surface area contributed by atoms with Crippen LogP contribution in [0.1, 0.15) is 27.2 Å². The lowest BCUT2D eigenvalue weighted by Crippen LogP contribution is -2.20. The SMILES string of the molecule is Cc1ccccc1/C=N\NC(=O)c1nn(Cc2ccc(Br)cc2)cc1[N+](=O)[O-]. The summed E-state index contributed by atoms with van der Waals surface area (Å²) in [6.45, 7) is 2.21. The Morgan fingerprint density at radius 2 is 2.00 bits per heavy atom. The van der Waals surface area contributed by atoms with Gasteiger partial charge in [-0.05, 0) is 35.7 Å². The topological polar surface area (TPSA) is 102 Å². The van der Waals surface area contributed by atoms with Crippen molar-refractivity contribution in [2.45, 2.75) is 13.5 Å². The Kier molecular flexibility index (Phi) is 5.95. The predicted octanol–water partition coefficient (Wildman–Crippen LogP) is 3.67. The van der Waals surface area contributed by atoms with E-state index in [0.717, 1.165) is 21.2 Å². The molecule has 1 N–H and O–H groups in total. The molecule has 0 saturated heterocycles. The molecule has 9 heteroatoms. The average Bonchev–Trinajstić information content (AvgIpc) is 3.09. The maximum absolute atomic E-state index is 12.3. The summed E-state index contributed by atoms with van der Waals surface area (Å²) < 4.78 is 2.29. The van der Waals surface area contributed by atoms with Crippen molar-refractivity contribution >= 4 is 33.7 Å². The van der Waals surface area contributed by atoms with E-state index in [0.29, 0.717) is 6.54 Å². The first-order valence-corrected chi connectivity index (χ1v) is 9.08. The summed E-state index contributed by atoms with van der Waals surface area (Å²) in [5.74, 6) is -0.744. The fraction of sp³-hybridized carbons (Fsp3) is 0.105. The Morgan fingerprint density at radius 3 is 2.68 bits per heavy atom. The highest BCUT2D eigenvalue weighted by molar-refractivity contribution is 9.10. The second-order valence-corrected chi connectivity index (χ2v) is 6.92. The van der Waals surface area contributed by atoms with E-state index in [-0.39, 0.29) is 11.4 Å². The highest BCUT2D eigenvalue weighted by atomic mass is 79.9. The van der Waals surface area contributed by atoms with Crippen molar-refractivity contribution < 1.29 is 9.72 Å². The van der Waals surface area contributed by atoms with Crippen molar-refractivity contribution in [2.75, 3.05) is 0 Å². The first kappa shape index (κ1) is 19.4. The molecule has 0 aliphatic rings. The molecule has 2 aromatic carbocycles. The van der Waals surface area contributed by atoms with Crippen LogP contribution in [0.3, 0.4) is 0 Å². The van der Waals surface area contributed by atoms with Crippen molar-refractivity contribution in [3.8, 4) is 0 Å². The lowest BCUT2D eigenvalue weighted by molar-refractivity contribution is -0.385. The number of carbonyl (C=O) groups is 1. The van der Waals surface area contributed by atoms with Crippen LogP contribution in [0.4, 0.5) is 5.69 Å². The number of benzene rings is 2. The molecule has 3 rings (SSSR count). The fourth-order valence-electron chi connectivity index (χ4n) is 2.51. The van der Waals surface area contributed by atoms with Gasteiger partial charge in [0.05, 0.1) is 17.7 Å².